The molecule has 0 aliphatic rings. The van der Waals surface area contributed by atoms with E-state index in [1.165, 1.54) is 27.0 Å². The summed E-state index contributed by atoms with van der Waals surface area (Å²) in [6, 6.07) is 10.6. The van der Waals surface area contributed by atoms with Crippen LogP contribution in [0.3, 0.4) is 0 Å². The van der Waals surface area contributed by atoms with Gasteiger partial charge in [0.25, 0.3) is 0 Å². The van der Waals surface area contributed by atoms with Gasteiger partial charge in [0.15, 0.2) is 5.60 Å². The topological polar surface area (TPSA) is 88.1 Å². The number of hydrogen-bond donors (Lipinski definition) is 2. The quantitative estimate of drug-likeness (QED) is 0.410. The fourth-order valence-electron chi connectivity index (χ4n) is 3.35. The molecule has 2 aromatic carbocycles. The number of methoxy groups -OCH3 is 1. The van der Waals surface area contributed by atoms with E-state index in [1.807, 2.05) is 0 Å². The van der Waals surface area contributed by atoms with Crippen LogP contribution < -0.4 is 10.1 Å². The van der Waals surface area contributed by atoms with E-state index in [0.717, 1.165) is 11.6 Å². The molecule has 0 spiro atoms. The Bertz CT molecular complexity index is 1040. The van der Waals surface area contributed by atoms with Gasteiger partial charge < -0.3 is 19.9 Å². The smallest absolute Gasteiger partial charge is 0.418 e. The van der Waals surface area contributed by atoms with Crippen LogP contribution in [-0.4, -0.2) is 54.3 Å². The monoisotopic (exact) mass is 510 g/mol. The lowest BCUT2D eigenvalue weighted by atomic mass is 9.99. The number of anilines is 1. The van der Waals surface area contributed by atoms with Crippen LogP contribution in [0.1, 0.15) is 50.3 Å². The Morgan fingerprint density at radius 1 is 1.08 bits per heavy atom. The lowest BCUT2D eigenvalue weighted by Crippen LogP contribution is -2.37. The Morgan fingerprint density at radius 3 is 2.25 bits per heavy atom. The summed E-state index contributed by atoms with van der Waals surface area (Å²) in [6.07, 6.45) is -4.61. The van der Waals surface area contributed by atoms with Crippen molar-refractivity contribution < 1.29 is 37.3 Å². The first-order valence-corrected chi connectivity index (χ1v) is 11.5. The van der Waals surface area contributed by atoms with Gasteiger partial charge in [-0.1, -0.05) is 32.0 Å². The molecular formula is C26H33F3N2O5. The average molecular weight is 511 g/mol. The van der Waals surface area contributed by atoms with Crippen LogP contribution in [0.15, 0.2) is 42.5 Å². The van der Waals surface area contributed by atoms with Crippen molar-refractivity contribution in [1.29, 1.82) is 0 Å². The number of rotatable bonds is 12. The molecule has 0 saturated heterocycles. The molecule has 0 atom stereocenters. The first-order chi connectivity index (χ1) is 16.7. The summed E-state index contributed by atoms with van der Waals surface area (Å²) >= 11 is 0. The number of alkyl halides is 3. The summed E-state index contributed by atoms with van der Waals surface area (Å²) in [7, 11) is 1.51. The molecule has 198 valence electrons. The van der Waals surface area contributed by atoms with Crippen LogP contribution in [0.2, 0.25) is 0 Å². The SMILES string of the molecule is COCCN(CC(=O)Nc1ccc(C(C)C)cc1C(F)(F)F)Cc1ccc(OC(C)(C)C(=O)O)cc1. The van der Waals surface area contributed by atoms with Crippen LogP contribution in [0.5, 0.6) is 5.75 Å². The zero-order valence-corrected chi connectivity index (χ0v) is 21.1. The maximum atomic E-state index is 13.6. The van der Waals surface area contributed by atoms with Crippen molar-refractivity contribution in [3.63, 3.8) is 0 Å². The van der Waals surface area contributed by atoms with E-state index in [4.69, 9.17) is 9.47 Å². The molecule has 0 heterocycles. The molecule has 0 radical (unpaired) electrons. The van der Waals surface area contributed by atoms with Crippen LogP contribution in [0.25, 0.3) is 0 Å². The Labute approximate surface area is 209 Å². The molecular weight excluding hydrogens is 477 g/mol. The third-order valence-electron chi connectivity index (χ3n) is 5.49. The number of benzene rings is 2. The molecule has 0 bridgehead atoms. The van der Waals surface area contributed by atoms with Crippen molar-refractivity contribution in [2.75, 3.05) is 32.1 Å². The Hall–Kier alpha value is -3.11. The highest BCUT2D eigenvalue weighted by Gasteiger charge is 2.34. The Balaban J connectivity index is 2.13. The molecule has 2 N–H and O–H groups in total. The molecule has 0 unspecified atom stereocenters. The van der Waals surface area contributed by atoms with Crippen molar-refractivity contribution >= 4 is 17.6 Å². The minimum absolute atomic E-state index is 0.0904. The summed E-state index contributed by atoms with van der Waals surface area (Å²) in [5.41, 5.74) is -1.23. The summed E-state index contributed by atoms with van der Waals surface area (Å²) in [6.45, 7) is 7.32. The molecule has 0 aliphatic carbocycles. The van der Waals surface area contributed by atoms with E-state index < -0.39 is 29.2 Å². The molecule has 0 fully saturated rings. The minimum Gasteiger partial charge on any atom is -0.478 e. The highest BCUT2D eigenvalue weighted by Crippen LogP contribution is 2.36. The second-order valence-corrected chi connectivity index (χ2v) is 9.27. The molecule has 0 saturated carbocycles. The number of aliphatic carboxylic acids is 1. The number of nitrogens with zero attached hydrogens (tertiary/aromatic N) is 1. The first kappa shape index (κ1) is 29.1. The summed E-state index contributed by atoms with van der Waals surface area (Å²) in [5, 5.41) is 11.6. The predicted molar refractivity (Wildman–Crippen MR) is 130 cm³/mol. The average Bonchev–Trinajstić information content (AvgIpc) is 2.77. The predicted octanol–water partition coefficient (Wildman–Crippen LogP) is 5.16. The summed E-state index contributed by atoms with van der Waals surface area (Å²) in [5.74, 6) is -1.41. The zero-order valence-electron chi connectivity index (χ0n) is 21.1. The number of ether oxygens (including phenoxy) is 2. The molecule has 2 rings (SSSR count). The van der Waals surface area contributed by atoms with Crippen molar-refractivity contribution in [2.24, 2.45) is 0 Å². The van der Waals surface area contributed by atoms with Gasteiger partial charge in [-0.25, -0.2) is 4.79 Å². The molecule has 0 aromatic heterocycles. The maximum Gasteiger partial charge on any atom is 0.418 e. The molecule has 7 nitrogen and oxygen atoms in total. The van der Waals surface area contributed by atoms with Crippen molar-refractivity contribution in [2.45, 2.75) is 51.9 Å². The van der Waals surface area contributed by atoms with E-state index in [9.17, 15) is 27.9 Å². The van der Waals surface area contributed by atoms with Gasteiger partial charge in [0.05, 0.1) is 24.4 Å². The van der Waals surface area contributed by atoms with Crippen molar-refractivity contribution in [3.05, 3.63) is 59.2 Å². The van der Waals surface area contributed by atoms with Crippen molar-refractivity contribution in [1.82, 2.24) is 4.90 Å². The summed E-state index contributed by atoms with van der Waals surface area (Å²) in [4.78, 5) is 25.7. The zero-order chi connectivity index (χ0) is 27.1. The van der Waals surface area contributed by atoms with Gasteiger partial charge in [-0.3, -0.25) is 9.69 Å². The van der Waals surface area contributed by atoms with Crippen molar-refractivity contribution in [3.8, 4) is 5.75 Å². The second-order valence-electron chi connectivity index (χ2n) is 9.27. The highest BCUT2D eigenvalue weighted by molar-refractivity contribution is 5.93. The molecule has 10 heteroatoms. The van der Waals surface area contributed by atoms with E-state index >= 15 is 0 Å². The molecule has 2 aromatic rings. The van der Waals surface area contributed by atoms with Gasteiger partial charge in [0.1, 0.15) is 5.75 Å². The van der Waals surface area contributed by atoms with Gasteiger partial charge >= 0.3 is 12.1 Å². The molecule has 36 heavy (non-hydrogen) atoms. The van der Waals surface area contributed by atoms with Gasteiger partial charge in [-0.2, -0.15) is 13.2 Å². The number of carboxylic acid groups (broad SMARTS) is 1. The largest absolute Gasteiger partial charge is 0.478 e. The van der Waals surface area contributed by atoms with Crippen LogP contribution in [0.4, 0.5) is 18.9 Å². The summed E-state index contributed by atoms with van der Waals surface area (Å²) < 4.78 is 51.5. The van der Waals surface area contributed by atoms with E-state index in [-0.39, 0.29) is 18.2 Å². The van der Waals surface area contributed by atoms with Gasteiger partial charge in [0.2, 0.25) is 5.91 Å². The van der Waals surface area contributed by atoms with Crippen LogP contribution in [-0.2, 0) is 27.0 Å². The third-order valence-corrected chi connectivity index (χ3v) is 5.49. The van der Waals surface area contributed by atoms with Crippen LogP contribution >= 0.6 is 0 Å². The van der Waals surface area contributed by atoms with E-state index in [2.05, 4.69) is 5.32 Å². The molecule has 1 amide bonds. The van der Waals surface area contributed by atoms with Gasteiger partial charge in [-0.15, -0.1) is 0 Å². The van der Waals surface area contributed by atoms with Gasteiger partial charge in [-0.05, 0) is 55.2 Å². The number of halogens is 3. The van der Waals surface area contributed by atoms with Gasteiger partial charge in [0, 0.05) is 20.2 Å². The highest BCUT2D eigenvalue weighted by atomic mass is 19.4. The standard InChI is InChI=1S/C26H33F3N2O5/c1-17(2)19-8-11-22(21(14-19)26(27,28)29)30-23(32)16-31(12-13-35-5)15-18-6-9-20(10-7-18)36-25(3,4)24(33)34/h6-11,14,17H,12-13,15-16H2,1-5H3,(H,30,32)(H,33,34). The number of amides is 1. The van der Waals surface area contributed by atoms with E-state index in [0.29, 0.717) is 31.0 Å². The lowest BCUT2D eigenvalue weighted by molar-refractivity contribution is -0.152. The number of carbonyl (C=O) groups is 2. The fourth-order valence-corrected chi connectivity index (χ4v) is 3.35. The van der Waals surface area contributed by atoms with Crippen LogP contribution in [0, 0.1) is 0 Å². The number of hydrogen-bond acceptors (Lipinski definition) is 5. The first-order valence-electron chi connectivity index (χ1n) is 11.5. The number of nitrogens with one attached hydrogen (secondary N) is 1. The molecule has 0 aliphatic heterocycles. The normalized spacial score (nSPS) is 12.2. The maximum absolute atomic E-state index is 13.6. The Kier molecular flexibility index (Phi) is 9.89. The number of carbonyl (C=O) groups excluding carboxylic acids is 1. The third kappa shape index (κ3) is 8.53. The minimum atomic E-state index is -4.61. The Morgan fingerprint density at radius 2 is 1.72 bits per heavy atom. The fraction of sp³-hybridized carbons (Fsp3) is 0.462. The second kappa shape index (κ2) is 12.2. The number of carboxylic acids is 1. The lowest BCUT2D eigenvalue weighted by Gasteiger charge is -2.23. The van der Waals surface area contributed by atoms with E-state index in [1.54, 1.807) is 49.1 Å².